The van der Waals surface area contributed by atoms with Crippen LogP contribution in [0.4, 0.5) is 5.69 Å². The number of sulfonamides is 1. The Kier molecular flexibility index (Phi) is 7.25. The van der Waals surface area contributed by atoms with Crippen LogP contribution < -0.4 is 10.0 Å². The van der Waals surface area contributed by atoms with E-state index < -0.39 is 10.0 Å². The number of hydrogen-bond acceptors (Lipinski definition) is 5. The van der Waals surface area contributed by atoms with Crippen molar-refractivity contribution in [2.45, 2.75) is 16.7 Å². The van der Waals surface area contributed by atoms with E-state index in [0.717, 1.165) is 17.8 Å². The Balaban J connectivity index is 1.58. The van der Waals surface area contributed by atoms with Crippen LogP contribution in [0.3, 0.4) is 0 Å². The van der Waals surface area contributed by atoms with Crippen LogP contribution >= 0.6 is 11.3 Å². The van der Waals surface area contributed by atoms with E-state index in [4.69, 9.17) is 0 Å². The second-order valence-corrected chi connectivity index (χ2v) is 9.99. The largest absolute Gasteiger partial charge is 0.350 e. The van der Waals surface area contributed by atoms with E-state index in [1.807, 2.05) is 32.3 Å². The van der Waals surface area contributed by atoms with E-state index in [9.17, 15) is 13.2 Å². The van der Waals surface area contributed by atoms with E-state index >= 15 is 0 Å². The fraction of sp³-hybridized carbons (Fsp3) is 0.227. The Morgan fingerprint density at radius 1 is 1.00 bits per heavy atom. The Hall–Kier alpha value is -2.68. The predicted octanol–water partition coefficient (Wildman–Crippen LogP) is 3.45. The van der Waals surface area contributed by atoms with Gasteiger partial charge in [0.2, 0.25) is 0 Å². The highest BCUT2D eigenvalue weighted by molar-refractivity contribution is 7.94. The lowest BCUT2D eigenvalue weighted by Gasteiger charge is -2.24. The smallest absolute Gasteiger partial charge is 0.271 e. The lowest BCUT2D eigenvalue weighted by Crippen LogP contribution is -2.41. The van der Waals surface area contributed by atoms with Crippen molar-refractivity contribution in [2.24, 2.45) is 0 Å². The maximum atomic E-state index is 12.5. The Morgan fingerprint density at radius 2 is 1.70 bits per heavy atom. The Bertz CT molecular complexity index is 1050. The number of carbonyl (C=O) groups is 1. The van der Waals surface area contributed by atoms with Gasteiger partial charge in [-0.1, -0.05) is 36.4 Å². The summed E-state index contributed by atoms with van der Waals surface area (Å²) in [6.07, 6.45) is 0.831. The van der Waals surface area contributed by atoms with Crippen LogP contribution in [-0.4, -0.2) is 45.9 Å². The molecule has 0 saturated carbocycles. The van der Waals surface area contributed by atoms with Crippen LogP contribution in [0.15, 0.2) is 76.3 Å². The van der Waals surface area contributed by atoms with Gasteiger partial charge in [-0.15, -0.1) is 11.3 Å². The van der Waals surface area contributed by atoms with Crippen LogP contribution in [0, 0.1) is 0 Å². The molecule has 0 aliphatic rings. The van der Waals surface area contributed by atoms with E-state index in [2.05, 4.69) is 27.1 Å². The van der Waals surface area contributed by atoms with Crippen molar-refractivity contribution < 1.29 is 13.2 Å². The third kappa shape index (κ3) is 5.91. The first-order valence-electron chi connectivity index (χ1n) is 9.50. The maximum Gasteiger partial charge on any atom is 0.271 e. The van der Waals surface area contributed by atoms with Crippen molar-refractivity contribution in [3.8, 4) is 0 Å². The molecule has 0 aliphatic heterocycles. The average molecular weight is 444 g/mol. The van der Waals surface area contributed by atoms with Crippen molar-refractivity contribution in [2.75, 3.05) is 25.4 Å². The van der Waals surface area contributed by atoms with Crippen LogP contribution in [0.25, 0.3) is 0 Å². The molecule has 30 heavy (non-hydrogen) atoms. The van der Waals surface area contributed by atoms with Crippen molar-refractivity contribution in [3.63, 3.8) is 0 Å². The summed E-state index contributed by atoms with van der Waals surface area (Å²) in [6, 6.07) is 20.0. The number of hydrogen-bond donors (Lipinski definition) is 2. The number of nitrogens with zero attached hydrogens (tertiary/aromatic N) is 1. The molecular weight excluding hydrogens is 418 g/mol. The molecule has 0 aliphatic carbocycles. The molecule has 0 fully saturated rings. The number of benzene rings is 2. The monoisotopic (exact) mass is 443 g/mol. The fourth-order valence-corrected chi connectivity index (χ4v) is 5.00. The molecule has 3 aromatic rings. The molecule has 1 aromatic heterocycles. The van der Waals surface area contributed by atoms with E-state index in [0.29, 0.717) is 17.8 Å². The van der Waals surface area contributed by atoms with E-state index in [1.54, 1.807) is 41.8 Å². The lowest BCUT2D eigenvalue weighted by atomic mass is 10.0. The molecule has 6 nitrogen and oxygen atoms in total. The molecule has 0 bridgehead atoms. The van der Waals surface area contributed by atoms with E-state index in [-0.39, 0.29) is 16.2 Å². The third-order valence-electron chi connectivity index (χ3n) is 4.70. The average Bonchev–Trinajstić information content (AvgIpc) is 3.28. The molecule has 158 valence electrons. The molecule has 2 N–H and O–H groups in total. The number of nitrogens with one attached hydrogen (secondary N) is 2. The highest BCUT2D eigenvalue weighted by Gasteiger charge is 2.17. The summed E-state index contributed by atoms with van der Waals surface area (Å²) >= 11 is 1.15. The standard InChI is InChI=1S/C22H25N3O3S2/c1-25(2)20(15-17-7-4-3-5-8-17)16-23-22(26)18-10-12-19(13-11-18)24-30(27,28)21-9-6-14-29-21/h3-14,20,24H,15-16H2,1-2H3,(H,23,26). The van der Waals surface area contributed by atoms with Crippen LogP contribution in [-0.2, 0) is 16.4 Å². The van der Waals surface area contributed by atoms with Crippen molar-refractivity contribution in [1.29, 1.82) is 0 Å². The summed E-state index contributed by atoms with van der Waals surface area (Å²) in [5.41, 5.74) is 2.11. The van der Waals surface area contributed by atoms with Crippen molar-refractivity contribution in [1.82, 2.24) is 10.2 Å². The molecule has 0 spiro atoms. The van der Waals surface area contributed by atoms with Crippen LogP contribution in [0.2, 0.25) is 0 Å². The highest BCUT2D eigenvalue weighted by Crippen LogP contribution is 2.20. The van der Waals surface area contributed by atoms with Gasteiger partial charge in [0.1, 0.15) is 4.21 Å². The van der Waals surface area contributed by atoms with Gasteiger partial charge in [-0.3, -0.25) is 9.52 Å². The zero-order valence-electron chi connectivity index (χ0n) is 16.9. The number of thiophene rings is 1. The van der Waals surface area contributed by atoms with Gasteiger partial charge in [0, 0.05) is 23.8 Å². The van der Waals surface area contributed by atoms with Gasteiger partial charge in [0.25, 0.3) is 15.9 Å². The Morgan fingerprint density at radius 3 is 2.30 bits per heavy atom. The second-order valence-electron chi connectivity index (χ2n) is 7.13. The summed E-state index contributed by atoms with van der Waals surface area (Å²) in [4.78, 5) is 14.6. The first kappa shape index (κ1) is 22.0. The molecule has 1 unspecified atom stereocenters. The normalized spacial score (nSPS) is 12.5. The van der Waals surface area contributed by atoms with Crippen molar-refractivity contribution in [3.05, 3.63) is 83.2 Å². The van der Waals surface area contributed by atoms with Gasteiger partial charge < -0.3 is 10.2 Å². The zero-order valence-corrected chi connectivity index (χ0v) is 18.5. The fourth-order valence-electron chi connectivity index (χ4n) is 2.95. The minimum Gasteiger partial charge on any atom is -0.350 e. The molecule has 1 amide bonds. The molecule has 1 atom stereocenters. The molecular formula is C22H25N3O3S2. The number of carbonyl (C=O) groups excluding carboxylic acids is 1. The minimum absolute atomic E-state index is 0.160. The van der Waals surface area contributed by atoms with E-state index in [1.165, 1.54) is 5.56 Å². The topological polar surface area (TPSA) is 78.5 Å². The van der Waals surface area contributed by atoms with Gasteiger partial charge in [-0.05, 0) is 61.8 Å². The lowest BCUT2D eigenvalue weighted by molar-refractivity contribution is 0.0941. The molecule has 3 rings (SSSR count). The summed E-state index contributed by atoms with van der Waals surface area (Å²) in [7, 11) is 0.387. The van der Waals surface area contributed by atoms with Gasteiger partial charge >= 0.3 is 0 Å². The molecule has 0 saturated heterocycles. The summed E-state index contributed by atoms with van der Waals surface area (Å²) in [5, 5.41) is 4.68. The quantitative estimate of drug-likeness (QED) is 0.531. The zero-order chi connectivity index (χ0) is 21.6. The van der Waals surface area contributed by atoms with Crippen LogP contribution in [0.1, 0.15) is 15.9 Å². The first-order valence-corrected chi connectivity index (χ1v) is 11.9. The maximum absolute atomic E-state index is 12.5. The van der Waals surface area contributed by atoms with Crippen molar-refractivity contribution >= 4 is 33.0 Å². The van der Waals surface area contributed by atoms with Crippen LogP contribution in [0.5, 0.6) is 0 Å². The summed E-state index contributed by atoms with van der Waals surface area (Å²) < 4.78 is 27.3. The Labute approximate surface area is 181 Å². The summed E-state index contributed by atoms with van der Waals surface area (Å²) in [5.74, 6) is -0.192. The number of anilines is 1. The number of rotatable bonds is 9. The predicted molar refractivity (Wildman–Crippen MR) is 122 cm³/mol. The molecule has 2 aromatic carbocycles. The van der Waals surface area contributed by atoms with Gasteiger partial charge in [0.05, 0.1) is 0 Å². The van der Waals surface area contributed by atoms with Gasteiger partial charge in [-0.25, -0.2) is 8.42 Å². The molecule has 8 heteroatoms. The first-order chi connectivity index (χ1) is 14.3. The molecule has 1 heterocycles. The summed E-state index contributed by atoms with van der Waals surface area (Å²) in [6.45, 7) is 0.507. The number of likely N-dealkylation sites (N-methyl/N-ethyl adjacent to an activating group) is 1. The highest BCUT2D eigenvalue weighted by atomic mass is 32.2. The third-order valence-corrected chi connectivity index (χ3v) is 7.48. The minimum atomic E-state index is -3.60. The van der Waals surface area contributed by atoms with Gasteiger partial charge in [-0.2, -0.15) is 0 Å². The number of amides is 1. The second kappa shape index (κ2) is 9.88. The molecule has 0 radical (unpaired) electrons. The SMILES string of the molecule is CN(C)C(CNC(=O)c1ccc(NS(=O)(=O)c2cccs2)cc1)Cc1ccccc1. The van der Waals surface area contributed by atoms with Gasteiger partial charge in [0.15, 0.2) is 0 Å².